The summed E-state index contributed by atoms with van der Waals surface area (Å²) in [5, 5.41) is 10.4. The van der Waals surface area contributed by atoms with Gasteiger partial charge in [0.15, 0.2) is 0 Å². The summed E-state index contributed by atoms with van der Waals surface area (Å²) in [5.41, 5.74) is 2.66. The van der Waals surface area contributed by atoms with Crippen LogP contribution in [0.5, 0.6) is 0 Å². The first kappa shape index (κ1) is 15.1. The number of aromatic nitrogens is 2. The maximum atomic E-state index is 12.3. The van der Waals surface area contributed by atoms with E-state index in [9.17, 15) is 4.79 Å². The Labute approximate surface area is 125 Å². The van der Waals surface area contributed by atoms with Crippen LogP contribution in [0.2, 0.25) is 0 Å². The number of para-hydroxylation sites is 1. The van der Waals surface area contributed by atoms with Crippen molar-refractivity contribution in [2.75, 3.05) is 11.9 Å². The van der Waals surface area contributed by atoms with Crippen LogP contribution < -0.4 is 10.6 Å². The molecule has 0 aliphatic rings. The molecule has 0 bridgehead atoms. The van der Waals surface area contributed by atoms with Crippen molar-refractivity contribution in [1.82, 2.24) is 15.1 Å². The van der Waals surface area contributed by atoms with Crippen molar-refractivity contribution in [2.45, 2.75) is 26.3 Å². The van der Waals surface area contributed by atoms with Crippen LogP contribution in [0.15, 0.2) is 36.7 Å². The second-order valence-corrected chi connectivity index (χ2v) is 5.37. The van der Waals surface area contributed by atoms with Gasteiger partial charge >= 0.3 is 0 Å². The third-order valence-electron chi connectivity index (χ3n) is 3.07. The monoisotopic (exact) mass is 286 g/mol. The maximum absolute atomic E-state index is 12.3. The van der Waals surface area contributed by atoms with Gasteiger partial charge in [0.05, 0.1) is 11.8 Å². The van der Waals surface area contributed by atoms with E-state index in [1.807, 2.05) is 43.7 Å². The predicted molar refractivity (Wildman–Crippen MR) is 84.4 cm³/mol. The van der Waals surface area contributed by atoms with Gasteiger partial charge in [0.2, 0.25) is 0 Å². The Hall–Kier alpha value is -2.30. The van der Waals surface area contributed by atoms with Crippen molar-refractivity contribution in [3.63, 3.8) is 0 Å². The number of rotatable bonds is 6. The zero-order chi connectivity index (χ0) is 15.2. The summed E-state index contributed by atoms with van der Waals surface area (Å²) in [6.07, 6.45) is 4.56. The Morgan fingerprint density at radius 2 is 2.10 bits per heavy atom. The Morgan fingerprint density at radius 1 is 1.33 bits per heavy atom. The van der Waals surface area contributed by atoms with Crippen molar-refractivity contribution >= 4 is 11.6 Å². The first-order valence-electron chi connectivity index (χ1n) is 7.17. The lowest BCUT2D eigenvalue weighted by Gasteiger charge is -2.14. The highest BCUT2D eigenvalue weighted by Crippen LogP contribution is 2.15. The van der Waals surface area contributed by atoms with Gasteiger partial charge in [0.1, 0.15) is 0 Å². The number of carbonyl (C=O) groups is 1. The van der Waals surface area contributed by atoms with E-state index in [2.05, 4.69) is 29.6 Å². The largest absolute Gasteiger partial charge is 0.382 e. The molecule has 1 aromatic carbocycles. The van der Waals surface area contributed by atoms with Crippen molar-refractivity contribution in [3.05, 3.63) is 47.8 Å². The summed E-state index contributed by atoms with van der Waals surface area (Å²) >= 11 is 0. The lowest BCUT2D eigenvalue weighted by molar-refractivity contribution is 0.0955. The molecule has 112 valence electrons. The number of nitrogens with one attached hydrogen (secondary N) is 2. The summed E-state index contributed by atoms with van der Waals surface area (Å²) in [4.78, 5) is 12.3. The van der Waals surface area contributed by atoms with Crippen molar-refractivity contribution in [2.24, 2.45) is 7.05 Å². The molecule has 0 fully saturated rings. The molecular formula is C16H22N4O. The minimum Gasteiger partial charge on any atom is -0.382 e. The molecular weight excluding hydrogens is 264 g/mol. The van der Waals surface area contributed by atoms with E-state index in [0.717, 1.165) is 17.7 Å². The molecule has 5 heteroatoms. The number of hydrogen-bond acceptors (Lipinski definition) is 3. The zero-order valence-corrected chi connectivity index (χ0v) is 12.8. The van der Waals surface area contributed by atoms with Crippen LogP contribution in [0.1, 0.15) is 29.8 Å². The maximum Gasteiger partial charge on any atom is 0.253 e. The number of carbonyl (C=O) groups excluding carboxylic acids is 1. The molecule has 0 aliphatic carbocycles. The van der Waals surface area contributed by atoms with Crippen LogP contribution in [0, 0.1) is 0 Å². The fourth-order valence-electron chi connectivity index (χ4n) is 2.13. The van der Waals surface area contributed by atoms with Crippen LogP contribution in [0.4, 0.5) is 5.69 Å². The zero-order valence-electron chi connectivity index (χ0n) is 12.8. The quantitative estimate of drug-likeness (QED) is 0.856. The first-order valence-corrected chi connectivity index (χ1v) is 7.17. The van der Waals surface area contributed by atoms with Crippen LogP contribution in [0.25, 0.3) is 0 Å². The van der Waals surface area contributed by atoms with Crippen molar-refractivity contribution in [1.29, 1.82) is 0 Å². The third-order valence-corrected chi connectivity index (χ3v) is 3.07. The second kappa shape index (κ2) is 6.92. The van der Waals surface area contributed by atoms with Gasteiger partial charge in [0.25, 0.3) is 5.91 Å². The number of amides is 1. The van der Waals surface area contributed by atoms with E-state index in [1.165, 1.54) is 0 Å². The van der Waals surface area contributed by atoms with Gasteiger partial charge in [-0.05, 0) is 38.0 Å². The smallest absolute Gasteiger partial charge is 0.253 e. The molecule has 1 aromatic heterocycles. The Kier molecular flexibility index (Phi) is 4.98. The van der Waals surface area contributed by atoms with E-state index in [1.54, 1.807) is 4.68 Å². The molecule has 1 heterocycles. The molecule has 0 atom stereocenters. The van der Waals surface area contributed by atoms with Crippen LogP contribution >= 0.6 is 0 Å². The normalized spacial score (nSPS) is 10.7. The lowest BCUT2D eigenvalue weighted by atomic mass is 10.1. The Bertz CT molecular complexity index is 604. The highest BCUT2D eigenvalue weighted by molar-refractivity contribution is 5.99. The van der Waals surface area contributed by atoms with Crippen LogP contribution in [-0.4, -0.2) is 28.3 Å². The lowest BCUT2D eigenvalue weighted by Crippen LogP contribution is -2.27. The van der Waals surface area contributed by atoms with Gasteiger partial charge < -0.3 is 10.6 Å². The molecule has 0 unspecified atom stereocenters. The SMILES string of the molecule is CC(C)Nc1ccccc1C(=O)NCCc1cnn(C)c1. The molecule has 0 radical (unpaired) electrons. The van der Waals surface area contributed by atoms with Crippen LogP contribution in [0.3, 0.4) is 0 Å². The molecule has 0 aliphatic heterocycles. The van der Waals surface area contributed by atoms with E-state index >= 15 is 0 Å². The predicted octanol–water partition coefficient (Wildman–Crippen LogP) is 2.21. The summed E-state index contributed by atoms with van der Waals surface area (Å²) in [7, 11) is 1.88. The number of anilines is 1. The molecule has 1 amide bonds. The standard InChI is InChI=1S/C16H22N4O/c1-12(2)19-15-7-5-4-6-14(15)16(21)17-9-8-13-10-18-20(3)11-13/h4-7,10-12,19H,8-9H2,1-3H3,(H,17,21). The molecule has 5 nitrogen and oxygen atoms in total. The highest BCUT2D eigenvalue weighted by atomic mass is 16.1. The third kappa shape index (κ3) is 4.34. The number of aryl methyl sites for hydroxylation is 1. The fraction of sp³-hybridized carbons (Fsp3) is 0.375. The van der Waals surface area contributed by atoms with Crippen LogP contribution in [-0.2, 0) is 13.5 Å². The van der Waals surface area contributed by atoms with E-state index in [0.29, 0.717) is 12.1 Å². The molecule has 2 aromatic rings. The molecule has 21 heavy (non-hydrogen) atoms. The van der Waals surface area contributed by atoms with E-state index in [-0.39, 0.29) is 11.9 Å². The van der Waals surface area contributed by atoms with Crippen molar-refractivity contribution in [3.8, 4) is 0 Å². The number of hydrogen-bond donors (Lipinski definition) is 2. The summed E-state index contributed by atoms with van der Waals surface area (Å²) in [5.74, 6) is -0.0531. The fourth-order valence-corrected chi connectivity index (χ4v) is 2.13. The molecule has 0 spiro atoms. The van der Waals surface area contributed by atoms with E-state index < -0.39 is 0 Å². The van der Waals surface area contributed by atoms with Gasteiger partial charge in [-0.2, -0.15) is 5.10 Å². The topological polar surface area (TPSA) is 59.0 Å². The summed E-state index contributed by atoms with van der Waals surface area (Å²) < 4.78 is 1.76. The average Bonchev–Trinajstić information content (AvgIpc) is 2.84. The van der Waals surface area contributed by atoms with Gasteiger partial charge in [-0.1, -0.05) is 12.1 Å². The van der Waals surface area contributed by atoms with Gasteiger partial charge in [0, 0.05) is 31.5 Å². The van der Waals surface area contributed by atoms with Gasteiger partial charge in [-0.3, -0.25) is 9.48 Å². The van der Waals surface area contributed by atoms with Gasteiger partial charge in [-0.15, -0.1) is 0 Å². The molecule has 2 N–H and O–H groups in total. The Balaban J connectivity index is 1.94. The number of nitrogens with zero attached hydrogens (tertiary/aromatic N) is 2. The summed E-state index contributed by atoms with van der Waals surface area (Å²) in [6, 6.07) is 7.85. The number of benzene rings is 1. The minimum atomic E-state index is -0.0531. The Morgan fingerprint density at radius 3 is 2.76 bits per heavy atom. The molecule has 0 saturated heterocycles. The first-order chi connectivity index (χ1) is 10.1. The minimum absolute atomic E-state index is 0.0531. The summed E-state index contributed by atoms with van der Waals surface area (Å²) in [6.45, 7) is 4.70. The van der Waals surface area contributed by atoms with Gasteiger partial charge in [-0.25, -0.2) is 0 Å². The highest BCUT2D eigenvalue weighted by Gasteiger charge is 2.11. The average molecular weight is 286 g/mol. The molecule has 2 rings (SSSR count). The van der Waals surface area contributed by atoms with Crippen molar-refractivity contribution < 1.29 is 4.79 Å². The second-order valence-electron chi connectivity index (χ2n) is 5.37. The molecule has 0 saturated carbocycles. The van der Waals surface area contributed by atoms with E-state index in [4.69, 9.17) is 0 Å².